The summed E-state index contributed by atoms with van der Waals surface area (Å²) in [4.78, 5) is 5.78. The third kappa shape index (κ3) is 3.21. The molecule has 0 atom stereocenters. The van der Waals surface area contributed by atoms with Crippen molar-refractivity contribution < 1.29 is 4.39 Å². The van der Waals surface area contributed by atoms with E-state index in [0.717, 1.165) is 6.42 Å². The Hall–Kier alpha value is -1.08. The van der Waals surface area contributed by atoms with Crippen molar-refractivity contribution in [3.05, 3.63) is 22.6 Å². The van der Waals surface area contributed by atoms with Gasteiger partial charge in [-0.05, 0) is 28.4 Å². The van der Waals surface area contributed by atoms with Crippen LogP contribution in [-0.4, -0.2) is 18.1 Å². The standard InChI is InChI=1S/C11H12BrFN2/c1-3-5-15(6-4-2)11-10(13)7-9(12)8-14-11/h1,7-8H,4-6H2,2H3. The third-order valence-electron chi connectivity index (χ3n) is 1.86. The van der Waals surface area contributed by atoms with Crippen LogP contribution in [-0.2, 0) is 0 Å². The number of hydrogen-bond donors (Lipinski definition) is 0. The van der Waals surface area contributed by atoms with Crippen molar-refractivity contribution in [2.75, 3.05) is 18.0 Å². The summed E-state index contributed by atoms with van der Waals surface area (Å²) in [6.45, 7) is 3.09. The van der Waals surface area contributed by atoms with E-state index in [1.807, 2.05) is 6.92 Å². The Balaban J connectivity index is 2.95. The molecule has 1 heterocycles. The number of anilines is 1. The van der Waals surface area contributed by atoms with Crippen molar-refractivity contribution in [1.82, 2.24) is 4.98 Å². The molecule has 1 aromatic heterocycles. The average Bonchev–Trinajstić information content (AvgIpc) is 2.17. The molecule has 4 heteroatoms. The maximum atomic E-state index is 13.5. The zero-order chi connectivity index (χ0) is 11.3. The predicted octanol–water partition coefficient (Wildman–Crippen LogP) is 2.83. The Morgan fingerprint density at radius 1 is 1.67 bits per heavy atom. The molecule has 0 aliphatic heterocycles. The normalized spacial score (nSPS) is 9.73. The molecule has 0 saturated carbocycles. The molecule has 0 bridgehead atoms. The highest BCUT2D eigenvalue weighted by atomic mass is 79.9. The fraction of sp³-hybridized carbons (Fsp3) is 0.364. The van der Waals surface area contributed by atoms with E-state index in [4.69, 9.17) is 6.42 Å². The van der Waals surface area contributed by atoms with Crippen LogP contribution < -0.4 is 4.90 Å². The van der Waals surface area contributed by atoms with Crippen LogP contribution >= 0.6 is 15.9 Å². The maximum Gasteiger partial charge on any atom is 0.166 e. The Bertz CT molecular complexity index is 373. The number of halogens is 2. The first-order valence-corrected chi connectivity index (χ1v) is 5.47. The second-order valence-electron chi connectivity index (χ2n) is 3.08. The number of aromatic nitrogens is 1. The molecular weight excluding hydrogens is 259 g/mol. The monoisotopic (exact) mass is 270 g/mol. The molecule has 0 aromatic carbocycles. The van der Waals surface area contributed by atoms with Crippen molar-refractivity contribution in [3.63, 3.8) is 0 Å². The van der Waals surface area contributed by atoms with Crippen LogP contribution in [0.3, 0.4) is 0 Å². The van der Waals surface area contributed by atoms with Gasteiger partial charge in [-0.15, -0.1) is 6.42 Å². The van der Waals surface area contributed by atoms with Crippen molar-refractivity contribution in [2.24, 2.45) is 0 Å². The van der Waals surface area contributed by atoms with E-state index in [2.05, 4.69) is 26.8 Å². The summed E-state index contributed by atoms with van der Waals surface area (Å²) in [5.74, 6) is 2.46. The van der Waals surface area contributed by atoms with E-state index in [9.17, 15) is 4.39 Å². The Morgan fingerprint density at radius 3 is 2.93 bits per heavy atom. The van der Waals surface area contributed by atoms with Crippen LogP contribution in [0.2, 0.25) is 0 Å². The fourth-order valence-electron chi connectivity index (χ4n) is 1.28. The molecule has 0 amide bonds. The minimum atomic E-state index is -0.354. The second kappa shape index (κ2) is 5.72. The first-order valence-electron chi connectivity index (χ1n) is 4.68. The van der Waals surface area contributed by atoms with Gasteiger partial charge in [0, 0.05) is 17.2 Å². The zero-order valence-corrected chi connectivity index (χ0v) is 10.1. The van der Waals surface area contributed by atoms with Crippen molar-refractivity contribution in [3.8, 4) is 12.3 Å². The molecule has 1 rings (SSSR count). The van der Waals surface area contributed by atoms with Crippen LogP contribution in [0.4, 0.5) is 10.2 Å². The van der Waals surface area contributed by atoms with E-state index in [0.29, 0.717) is 23.4 Å². The van der Waals surface area contributed by atoms with Crippen LogP contribution in [0.15, 0.2) is 16.7 Å². The van der Waals surface area contributed by atoms with Gasteiger partial charge in [0.2, 0.25) is 0 Å². The molecule has 0 unspecified atom stereocenters. The van der Waals surface area contributed by atoms with Crippen molar-refractivity contribution in [2.45, 2.75) is 13.3 Å². The van der Waals surface area contributed by atoms with Gasteiger partial charge < -0.3 is 4.90 Å². The Morgan fingerprint density at radius 2 is 2.40 bits per heavy atom. The molecule has 0 saturated heterocycles. The van der Waals surface area contributed by atoms with Gasteiger partial charge in [-0.2, -0.15) is 0 Å². The molecule has 0 aliphatic carbocycles. The largest absolute Gasteiger partial charge is 0.343 e. The topological polar surface area (TPSA) is 16.1 Å². The second-order valence-corrected chi connectivity index (χ2v) is 4.00. The lowest BCUT2D eigenvalue weighted by Gasteiger charge is -2.20. The number of terminal acetylenes is 1. The first kappa shape index (κ1) is 12.0. The lowest BCUT2D eigenvalue weighted by Crippen LogP contribution is -2.26. The summed E-state index contributed by atoms with van der Waals surface area (Å²) < 4.78 is 14.2. The lowest BCUT2D eigenvalue weighted by atomic mass is 10.3. The van der Waals surface area contributed by atoms with Gasteiger partial charge in [0.05, 0.1) is 6.54 Å². The molecule has 2 nitrogen and oxygen atoms in total. The van der Waals surface area contributed by atoms with Crippen molar-refractivity contribution >= 4 is 21.7 Å². The van der Waals surface area contributed by atoms with Gasteiger partial charge in [-0.3, -0.25) is 0 Å². The van der Waals surface area contributed by atoms with E-state index in [1.165, 1.54) is 6.07 Å². The molecule has 1 aromatic rings. The summed E-state index contributed by atoms with van der Waals surface area (Å²) in [5.41, 5.74) is 0. The lowest BCUT2D eigenvalue weighted by molar-refractivity contribution is 0.610. The Labute approximate surface area is 97.6 Å². The number of rotatable bonds is 4. The molecule has 0 fully saturated rings. The van der Waals surface area contributed by atoms with Gasteiger partial charge in [-0.25, -0.2) is 9.37 Å². The molecular formula is C11H12BrFN2. The summed E-state index contributed by atoms with van der Waals surface area (Å²) >= 11 is 3.16. The van der Waals surface area contributed by atoms with Gasteiger partial charge in [0.25, 0.3) is 0 Å². The summed E-state index contributed by atoms with van der Waals surface area (Å²) in [6, 6.07) is 1.39. The fourth-order valence-corrected chi connectivity index (χ4v) is 1.58. The van der Waals surface area contributed by atoms with E-state index < -0.39 is 0 Å². The molecule has 0 radical (unpaired) electrons. The zero-order valence-electron chi connectivity index (χ0n) is 8.50. The highest BCUT2D eigenvalue weighted by Crippen LogP contribution is 2.19. The van der Waals surface area contributed by atoms with Gasteiger partial charge >= 0.3 is 0 Å². The van der Waals surface area contributed by atoms with E-state index in [-0.39, 0.29) is 5.82 Å². The quantitative estimate of drug-likeness (QED) is 0.783. The molecule has 15 heavy (non-hydrogen) atoms. The van der Waals surface area contributed by atoms with E-state index >= 15 is 0 Å². The molecule has 0 N–H and O–H groups in total. The molecule has 0 spiro atoms. The smallest absolute Gasteiger partial charge is 0.166 e. The molecule has 0 aliphatic rings. The third-order valence-corrected chi connectivity index (χ3v) is 2.30. The number of pyridine rings is 1. The Kier molecular flexibility index (Phi) is 4.57. The van der Waals surface area contributed by atoms with Gasteiger partial charge in [0.15, 0.2) is 11.6 Å². The minimum absolute atomic E-state index is 0.318. The SMILES string of the molecule is C#CCN(CCC)c1ncc(Br)cc1F. The van der Waals surface area contributed by atoms with Crippen LogP contribution in [0.25, 0.3) is 0 Å². The summed E-state index contributed by atoms with van der Waals surface area (Å²) in [5, 5.41) is 0. The van der Waals surface area contributed by atoms with Crippen LogP contribution in [0.5, 0.6) is 0 Å². The minimum Gasteiger partial charge on any atom is -0.343 e. The summed E-state index contributed by atoms with van der Waals surface area (Å²) in [6.07, 6.45) is 7.69. The van der Waals surface area contributed by atoms with Crippen LogP contribution in [0.1, 0.15) is 13.3 Å². The van der Waals surface area contributed by atoms with Gasteiger partial charge in [-0.1, -0.05) is 12.8 Å². The highest BCUT2D eigenvalue weighted by Gasteiger charge is 2.11. The maximum absolute atomic E-state index is 13.5. The van der Waals surface area contributed by atoms with Crippen LogP contribution in [0, 0.1) is 18.2 Å². The van der Waals surface area contributed by atoms with E-state index in [1.54, 1.807) is 11.1 Å². The summed E-state index contributed by atoms with van der Waals surface area (Å²) in [7, 11) is 0. The molecule has 80 valence electrons. The average molecular weight is 271 g/mol. The number of hydrogen-bond acceptors (Lipinski definition) is 2. The number of nitrogens with zero attached hydrogens (tertiary/aromatic N) is 2. The first-order chi connectivity index (χ1) is 7.19. The highest BCUT2D eigenvalue weighted by molar-refractivity contribution is 9.10. The predicted molar refractivity (Wildman–Crippen MR) is 63.2 cm³/mol. The van der Waals surface area contributed by atoms with Crippen molar-refractivity contribution in [1.29, 1.82) is 0 Å². The van der Waals surface area contributed by atoms with Gasteiger partial charge in [0.1, 0.15) is 0 Å².